The molecule has 1 aliphatic rings. The van der Waals surface area contributed by atoms with Crippen molar-refractivity contribution in [1.82, 2.24) is 4.90 Å². The van der Waals surface area contributed by atoms with Crippen LogP contribution in [0.3, 0.4) is 0 Å². The smallest absolute Gasteiger partial charge is 0.0175 e. The predicted molar refractivity (Wildman–Crippen MR) is 85.3 cm³/mol. The molecule has 1 aromatic carbocycles. The van der Waals surface area contributed by atoms with Crippen molar-refractivity contribution in [2.75, 3.05) is 19.6 Å². The molecule has 0 saturated carbocycles. The maximum Gasteiger partial charge on any atom is 0.0175 e. The molecule has 0 aromatic heterocycles. The molecular weight excluding hydrogens is 300 g/mol. The Morgan fingerprint density at radius 2 is 1.89 bits per heavy atom. The standard InChI is InChI=1S/C16H25BrN2/c1-13(12-15-2-4-16(17)5-3-15)19-10-7-14(6-9-18)8-11-19/h2-5,13-14H,6-12,18H2,1H3. The lowest BCUT2D eigenvalue weighted by molar-refractivity contribution is 0.137. The highest BCUT2D eigenvalue weighted by Gasteiger charge is 2.22. The third kappa shape index (κ3) is 4.59. The number of hydrogen-bond donors (Lipinski definition) is 1. The van der Waals surface area contributed by atoms with E-state index in [1.54, 1.807) is 0 Å². The molecule has 2 nitrogen and oxygen atoms in total. The molecule has 1 aliphatic heterocycles. The van der Waals surface area contributed by atoms with Crippen LogP contribution in [0.15, 0.2) is 28.7 Å². The van der Waals surface area contributed by atoms with E-state index in [1.165, 1.54) is 37.9 Å². The fraction of sp³-hybridized carbons (Fsp3) is 0.625. The molecule has 2 N–H and O–H groups in total. The molecule has 0 spiro atoms. The summed E-state index contributed by atoms with van der Waals surface area (Å²) < 4.78 is 1.16. The van der Waals surface area contributed by atoms with Gasteiger partial charge in [-0.2, -0.15) is 0 Å². The molecule has 1 atom stereocenters. The van der Waals surface area contributed by atoms with Crippen molar-refractivity contribution in [1.29, 1.82) is 0 Å². The van der Waals surface area contributed by atoms with Gasteiger partial charge in [-0.25, -0.2) is 0 Å². The monoisotopic (exact) mass is 324 g/mol. The Hall–Kier alpha value is -0.380. The van der Waals surface area contributed by atoms with Crippen LogP contribution in [0.5, 0.6) is 0 Å². The normalized spacial score (nSPS) is 19.5. The summed E-state index contributed by atoms with van der Waals surface area (Å²) in [5.41, 5.74) is 7.08. The zero-order chi connectivity index (χ0) is 13.7. The molecule has 0 aliphatic carbocycles. The van der Waals surface area contributed by atoms with Gasteiger partial charge in [0.15, 0.2) is 0 Å². The summed E-state index contributed by atoms with van der Waals surface area (Å²) in [7, 11) is 0. The summed E-state index contributed by atoms with van der Waals surface area (Å²) in [6, 6.07) is 9.36. The molecule has 1 saturated heterocycles. The van der Waals surface area contributed by atoms with Gasteiger partial charge in [-0.1, -0.05) is 28.1 Å². The number of halogens is 1. The largest absolute Gasteiger partial charge is 0.330 e. The van der Waals surface area contributed by atoms with E-state index in [-0.39, 0.29) is 0 Å². The maximum atomic E-state index is 5.65. The lowest BCUT2D eigenvalue weighted by Crippen LogP contribution is -2.41. The van der Waals surface area contributed by atoms with Crippen LogP contribution in [0, 0.1) is 5.92 Å². The minimum absolute atomic E-state index is 0.639. The van der Waals surface area contributed by atoms with Gasteiger partial charge in [0.1, 0.15) is 0 Å². The third-order valence-electron chi connectivity index (χ3n) is 4.29. The van der Waals surface area contributed by atoms with Crippen molar-refractivity contribution in [3.63, 3.8) is 0 Å². The number of likely N-dealkylation sites (tertiary alicyclic amines) is 1. The van der Waals surface area contributed by atoms with Gasteiger partial charge in [-0.05, 0) is 75.9 Å². The van der Waals surface area contributed by atoms with Crippen molar-refractivity contribution in [2.45, 2.75) is 38.6 Å². The van der Waals surface area contributed by atoms with Gasteiger partial charge < -0.3 is 10.6 Å². The molecule has 0 radical (unpaired) electrons. The first-order chi connectivity index (χ1) is 9.19. The molecule has 106 valence electrons. The van der Waals surface area contributed by atoms with E-state index in [0.717, 1.165) is 23.4 Å². The van der Waals surface area contributed by atoms with Gasteiger partial charge in [0, 0.05) is 10.5 Å². The van der Waals surface area contributed by atoms with Gasteiger partial charge in [0.2, 0.25) is 0 Å². The lowest BCUT2D eigenvalue weighted by atomic mass is 9.92. The summed E-state index contributed by atoms with van der Waals surface area (Å²) >= 11 is 3.49. The van der Waals surface area contributed by atoms with Crippen molar-refractivity contribution < 1.29 is 0 Å². The minimum Gasteiger partial charge on any atom is -0.330 e. The number of hydrogen-bond acceptors (Lipinski definition) is 2. The molecule has 2 rings (SSSR count). The van der Waals surface area contributed by atoms with Crippen LogP contribution in [-0.4, -0.2) is 30.6 Å². The van der Waals surface area contributed by atoms with Gasteiger partial charge in [0.25, 0.3) is 0 Å². The van der Waals surface area contributed by atoms with Gasteiger partial charge >= 0.3 is 0 Å². The number of nitrogens with zero attached hydrogens (tertiary/aromatic N) is 1. The molecule has 0 bridgehead atoms. The lowest BCUT2D eigenvalue weighted by Gasteiger charge is -2.36. The average Bonchev–Trinajstić information content (AvgIpc) is 2.42. The molecule has 1 unspecified atom stereocenters. The molecule has 0 amide bonds. The average molecular weight is 325 g/mol. The molecule has 1 aromatic rings. The highest BCUT2D eigenvalue weighted by molar-refractivity contribution is 9.10. The summed E-state index contributed by atoms with van der Waals surface area (Å²) in [4.78, 5) is 2.63. The summed E-state index contributed by atoms with van der Waals surface area (Å²) in [5, 5.41) is 0. The zero-order valence-corrected chi connectivity index (χ0v) is 13.4. The quantitative estimate of drug-likeness (QED) is 0.898. The first kappa shape index (κ1) is 15.0. The van der Waals surface area contributed by atoms with Gasteiger partial charge in [-0.3, -0.25) is 0 Å². The van der Waals surface area contributed by atoms with E-state index >= 15 is 0 Å². The maximum absolute atomic E-state index is 5.65. The summed E-state index contributed by atoms with van der Waals surface area (Å²) in [6.07, 6.45) is 4.99. The molecule has 19 heavy (non-hydrogen) atoms. The Morgan fingerprint density at radius 3 is 2.47 bits per heavy atom. The van der Waals surface area contributed by atoms with E-state index in [0.29, 0.717) is 6.04 Å². The van der Waals surface area contributed by atoms with Crippen molar-refractivity contribution >= 4 is 15.9 Å². The summed E-state index contributed by atoms with van der Waals surface area (Å²) in [6.45, 7) is 5.68. The van der Waals surface area contributed by atoms with Crippen LogP contribution >= 0.6 is 15.9 Å². The Bertz CT molecular complexity index is 369. The van der Waals surface area contributed by atoms with Crippen molar-refractivity contribution in [2.24, 2.45) is 11.7 Å². The second-order valence-corrected chi connectivity index (χ2v) is 6.65. The topological polar surface area (TPSA) is 29.3 Å². The van der Waals surface area contributed by atoms with E-state index in [4.69, 9.17) is 5.73 Å². The molecule has 3 heteroatoms. The SMILES string of the molecule is CC(Cc1ccc(Br)cc1)N1CCC(CCN)CC1. The number of nitrogens with two attached hydrogens (primary N) is 1. The first-order valence-corrected chi connectivity index (χ1v) is 8.17. The van der Waals surface area contributed by atoms with Crippen molar-refractivity contribution in [3.05, 3.63) is 34.3 Å². The van der Waals surface area contributed by atoms with E-state index in [1.807, 2.05) is 0 Å². The van der Waals surface area contributed by atoms with E-state index in [2.05, 4.69) is 52.0 Å². The third-order valence-corrected chi connectivity index (χ3v) is 4.82. The first-order valence-electron chi connectivity index (χ1n) is 7.37. The van der Waals surface area contributed by atoms with Crippen molar-refractivity contribution in [3.8, 4) is 0 Å². The number of benzene rings is 1. The van der Waals surface area contributed by atoms with Crippen LogP contribution in [0.4, 0.5) is 0 Å². The summed E-state index contributed by atoms with van der Waals surface area (Å²) in [5.74, 6) is 0.862. The number of rotatable bonds is 5. The highest BCUT2D eigenvalue weighted by Crippen LogP contribution is 2.22. The van der Waals surface area contributed by atoms with Crippen LogP contribution < -0.4 is 5.73 Å². The molecular formula is C16H25BrN2. The minimum atomic E-state index is 0.639. The van der Waals surface area contributed by atoms with Gasteiger partial charge in [0.05, 0.1) is 0 Å². The van der Waals surface area contributed by atoms with Crippen LogP contribution in [0.2, 0.25) is 0 Å². The van der Waals surface area contributed by atoms with Crippen LogP contribution in [0.1, 0.15) is 31.7 Å². The fourth-order valence-electron chi connectivity index (χ4n) is 3.01. The Labute approximate surface area is 125 Å². The van der Waals surface area contributed by atoms with Crippen LogP contribution in [-0.2, 0) is 6.42 Å². The fourth-order valence-corrected chi connectivity index (χ4v) is 3.27. The second kappa shape index (κ2) is 7.41. The van der Waals surface area contributed by atoms with E-state index in [9.17, 15) is 0 Å². The van der Waals surface area contributed by atoms with Crippen LogP contribution in [0.25, 0.3) is 0 Å². The Kier molecular flexibility index (Phi) is 5.86. The Balaban J connectivity index is 1.81. The predicted octanol–water partition coefficient (Wildman–Crippen LogP) is 3.44. The van der Waals surface area contributed by atoms with Gasteiger partial charge in [-0.15, -0.1) is 0 Å². The molecule has 1 fully saturated rings. The molecule has 1 heterocycles. The second-order valence-electron chi connectivity index (χ2n) is 5.74. The van der Waals surface area contributed by atoms with E-state index < -0.39 is 0 Å². The highest BCUT2D eigenvalue weighted by atomic mass is 79.9. The Morgan fingerprint density at radius 1 is 1.26 bits per heavy atom. The number of piperidine rings is 1. The zero-order valence-electron chi connectivity index (χ0n) is 11.8.